The van der Waals surface area contributed by atoms with Crippen molar-refractivity contribution in [3.05, 3.63) is 41.7 Å². The first-order chi connectivity index (χ1) is 9.13. The lowest BCUT2D eigenvalue weighted by Gasteiger charge is -2.04. The molecule has 2 aromatic rings. The molecule has 96 valence electrons. The van der Waals surface area contributed by atoms with E-state index in [4.69, 9.17) is 10.00 Å². The number of carbonyl (C=O) groups excluding carboxylic acids is 1. The van der Waals surface area contributed by atoms with Gasteiger partial charge in [-0.05, 0) is 18.2 Å². The molecule has 0 fully saturated rings. The summed E-state index contributed by atoms with van der Waals surface area (Å²) in [6.07, 6.45) is 1.27. The Hall–Kier alpha value is -2.75. The SMILES string of the molecule is COc1ccc(C(=O)Cn2cnc(C#N)n2)cc1F. The van der Waals surface area contributed by atoms with Gasteiger partial charge in [0.05, 0.1) is 7.11 Å². The van der Waals surface area contributed by atoms with Gasteiger partial charge in [0, 0.05) is 5.56 Å². The van der Waals surface area contributed by atoms with E-state index in [9.17, 15) is 9.18 Å². The lowest BCUT2D eigenvalue weighted by molar-refractivity contribution is 0.0967. The number of nitrogens with zero attached hydrogens (tertiary/aromatic N) is 4. The van der Waals surface area contributed by atoms with Gasteiger partial charge in [-0.25, -0.2) is 14.1 Å². The van der Waals surface area contributed by atoms with Crippen molar-refractivity contribution in [3.8, 4) is 11.8 Å². The Morgan fingerprint density at radius 3 is 2.95 bits per heavy atom. The molecule has 1 aromatic heterocycles. The van der Waals surface area contributed by atoms with E-state index in [0.717, 1.165) is 6.07 Å². The van der Waals surface area contributed by atoms with Crippen LogP contribution in [0.1, 0.15) is 16.2 Å². The normalized spacial score (nSPS) is 9.95. The van der Waals surface area contributed by atoms with Gasteiger partial charge in [-0.3, -0.25) is 4.79 Å². The topological polar surface area (TPSA) is 80.8 Å². The van der Waals surface area contributed by atoms with E-state index in [1.54, 1.807) is 6.07 Å². The maximum absolute atomic E-state index is 13.5. The number of methoxy groups -OCH3 is 1. The molecule has 0 unspecified atom stereocenters. The third-order valence-corrected chi connectivity index (χ3v) is 2.42. The van der Waals surface area contributed by atoms with Crippen LogP contribution in [-0.2, 0) is 6.54 Å². The first-order valence-corrected chi connectivity index (χ1v) is 5.30. The molecule has 0 aliphatic carbocycles. The fraction of sp³-hybridized carbons (Fsp3) is 0.167. The Morgan fingerprint density at radius 2 is 2.37 bits per heavy atom. The maximum atomic E-state index is 13.5. The van der Waals surface area contributed by atoms with Crippen LogP contribution in [0.3, 0.4) is 0 Å². The van der Waals surface area contributed by atoms with Gasteiger partial charge in [0.25, 0.3) is 5.82 Å². The average molecular weight is 260 g/mol. The molecule has 0 saturated heterocycles. The summed E-state index contributed by atoms with van der Waals surface area (Å²) in [5, 5.41) is 12.3. The summed E-state index contributed by atoms with van der Waals surface area (Å²) in [4.78, 5) is 15.6. The fourth-order valence-corrected chi connectivity index (χ4v) is 1.50. The first kappa shape index (κ1) is 12.7. The summed E-state index contributed by atoms with van der Waals surface area (Å²) in [7, 11) is 1.35. The quantitative estimate of drug-likeness (QED) is 0.771. The summed E-state index contributed by atoms with van der Waals surface area (Å²) >= 11 is 0. The van der Waals surface area contributed by atoms with Crippen LogP contribution in [0.4, 0.5) is 4.39 Å². The predicted molar refractivity (Wildman–Crippen MR) is 62.0 cm³/mol. The van der Waals surface area contributed by atoms with Crippen LogP contribution in [0, 0.1) is 17.1 Å². The van der Waals surface area contributed by atoms with Crippen molar-refractivity contribution in [2.75, 3.05) is 7.11 Å². The molecule has 7 heteroatoms. The highest BCUT2D eigenvalue weighted by Gasteiger charge is 2.11. The molecule has 0 amide bonds. The molecule has 1 heterocycles. The molecule has 0 atom stereocenters. The van der Waals surface area contributed by atoms with Gasteiger partial charge < -0.3 is 4.74 Å². The smallest absolute Gasteiger partial charge is 0.252 e. The fourth-order valence-electron chi connectivity index (χ4n) is 1.50. The van der Waals surface area contributed by atoms with Gasteiger partial charge in [0.1, 0.15) is 18.9 Å². The second-order valence-corrected chi connectivity index (χ2v) is 3.65. The number of ether oxygens (including phenoxy) is 1. The standard InChI is InChI=1S/C12H9FN4O2/c1-19-11-3-2-8(4-9(11)13)10(18)6-17-7-15-12(5-14)16-17/h2-4,7H,6H2,1H3. The zero-order valence-electron chi connectivity index (χ0n) is 10.00. The van der Waals surface area contributed by atoms with Crippen molar-refractivity contribution in [2.24, 2.45) is 0 Å². The van der Waals surface area contributed by atoms with E-state index in [-0.39, 0.29) is 29.5 Å². The number of carbonyl (C=O) groups is 1. The average Bonchev–Trinajstić information content (AvgIpc) is 2.86. The Kier molecular flexibility index (Phi) is 3.52. The number of aromatic nitrogens is 3. The molecular formula is C12H9FN4O2. The number of halogens is 1. The van der Waals surface area contributed by atoms with E-state index in [1.807, 2.05) is 0 Å². The van der Waals surface area contributed by atoms with Crippen molar-refractivity contribution in [2.45, 2.75) is 6.54 Å². The molecule has 0 N–H and O–H groups in total. The van der Waals surface area contributed by atoms with Crippen LogP contribution in [0.15, 0.2) is 24.5 Å². The van der Waals surface area contributed by atoms with Crippen LogP contribution >= 0.6 is 0 Å². The lowest BCUT2D eigenvalue weighted by Crippen LogP contribution is -2.11. The molecule has 6 nitrogen and oxygen atoms in total. The van der Waals surface area contributed by atoms with Crippen LogP contribution in [0.25, 0.3) is 0 Å². The zero-order valence-corrected chi connectivity index (χ0v) is 10.00. The Labute approximate surface area is 108 Å². The molecule has 0 spiro atoms. The molecule has 1 aromatic carbocycles. The number of hydrogen-bond acceptors (Lipinski definition) is 5. The number of ketones is 1. The number of hydrogen-bond donors (Lipinski definition) is 0. The second-order valence-electron chi connectivity index (χ2n) is 3.65. The van der Waals surface area contributed by atoms with Crippen molar-refractivity contribution >= 4 is 5.78 Å². The first-order valence-electron chi connectivity index (χ1n) is 5.30. The number of rotatable bonds is 4. The van der Waals surface area contributed by atoms with E-state index < -0.39 is 5.82 Å². The lowest BCUT2D eigenvalue weighted by atomic mass is 10.1. The van der Waals surface area contributed by atoms with Crippen molar-refractivity contribution in [1.29, 1.82) is 5.26 Å². The summed E-state index contributed by atoms with van der Waals surface area (Å²) in [6.45, 7) is -0.111. The molecule has 0 aliphatic rings. The van der Waals surface area contributed by atoms with Crippen LogP contribution in [0.2, 0.25) is 0 Å². The summed E-state index contributed by atoms with van der Waals surface area (Å²) in [5.74, 6) is -0.890. The minimum absolute atomic E-state index is 0.0197. The van der Waals surface area contributed by atoms with Gasteiger partial charge in [0.2, 0.25) is 0 Å². The van der Waals surface area contributed by atoms with E-state index >= 15 is 0 Å². The minimum atomic E-state index is -0.607. The summed E-state index contributed by atoms with van der Waals surface area (Å²) in [5.41, 5.74) is 0.201. The highest BCUT2D eigenvalue weighted by molar-refractivity contribution is 5.95. The van der Waals surface area contributed by atoms with Gasteiger partial charge in [0.15, 0.2) is 17.3 Å². The molecule has 0 radical (unpaired) electrons. The van der Waals surface area contributed by atoms with Crippen molar-refractivity contribution in [1.82, 2.24) is 14.8 Å². The van der Waals surface area contributed by atoms with Crippen molar-refractivity contribution in [3.63, 3.8) is 0 Å². The van der Waals surface area contributed by atoms with E-state index in [1.165, 1.54) is 30.3 Å². The summed E-state index contributed by atoms with van der Waals surface area (Å²) < 4.78 is 19.4. The monoisotopic (exact) mass is 260 g/mol. The van der Waals surface area contributed by atoms with Gasteiger partial charge in [-0.2, -0.15) is 5.26 Å². The van der Waals surface area contributed by atoms with Crippen LogP contribution in [-0.4, -0.2) is 27.7 Å². The highest BCUT2D eigenvalue weighted by atomic mass is 19.1. The predicted octanol–water partition coefficient (Wildman–Crippen LogP) is 1.18. The Morgan fingerprint density at radius 1 is 1.58 bits per heavy atom. The largest absolute Gasteiger partial charge is 0.494 e. The Balaban J connectivity index is 2.16. The van der Waals surface area contributed by atoms with Crippen LogP contribution in [0.5, 0.6) is 5.75 Å². The van der Waals surface area contributed by atoms with E-state index in [0.29, 0.717) is 0 Å². The van der Waals surface area contributed by atoms with Gasteiger partial charge in [-0.1, -0.05) is 0 Å². The molecule has 0 bridgehead atoms. The zero-order chi connectivity index (χ0) is 13.8. The molecule has 19 heavy (non-hydrogen) atoms. The van der Waals surface area contributed by atoms with Crippen molar-refractivity contribution < 1.29 is 13.9 Å². The van der Waals surface area contributed by atoms with Crippen LogP contribution < -0.4 is 4.74 Å². The second kappa shape index (κ2) is 5.27. The third kappa shape index (κ3) is 2.74. The van der Waals surface area contributed by atoms with E-state index in [2.05, 4.69) is 10.1 Å². The van der Waals surface area contributed by atoms with Gasteiger partial charge >= 0.3 is 0 Å². The summed E-state index contributed by atoms with van der Waals surface area (Å²) in [6, 6.07) is 5.70. The number of benzene rings is 1. The minimum Gasteiger partial charge on any atom is -0.494 e. The number of Topliss-reactive ketones (excluding diaryl/α,β-unsaturated/α-hetero) is 1. The molecule has 0 aliphatic heterocycles. The third-order valence-electron chi connectivity index (χ3n) is 2.42. The Bertz CT molecular complexity index is 660. The highest BCUT2D eigenvalue weighted by Crippen LogP contribution is 2.18. The molecule has 2 rings (SSSR count). The molecule has 0 saturated carbocycles. The maximum Gasteiger partial charge on any atom is 0.252 e. The molecular weight excluding hydrogens is 251 g/mol. The van der Waals surface area contributed by atoms with Gasteiger partial charge in [-0.15, -0.1) is 5.10 Å². The number of nitriles is 1.